The van der Waals surface area contributed by atoms with Gasteiger partial charge in [-0.1, -0.05) is 0 Å². The summed E-state index contributed by atoms with van der Waals surface area (Å²) in [7, 11) is 0. The molecule has 2 saturated heterocycles. The molecule has 3 nitrogen and oxygen atoms in total. The third-order valence-electron chi connectivity index (χ3n) is 8.31. The van der Waals surface area contributed by atoms with E-state index in [1.54, 1.807) is 0 Å². The van der Waals surface area contributed by atoms with Crippen LogP contribution in [0, 0.1) is 35.0 Å². The molecule has 0 atom stereocenters. The van der Waals surface area contributed by atoms with Crippen molar-refractivity contribution >= 4 is 18.3 Å². The summed E-state index contributed by atoms with van der Waals surface area (Å²) < 4.78 is 0. The van der Waals surface area contributed by atoms with Gasteiger partial charge in [-0.3, -0.25) is 4.79 Å². The van der Waals surface area contributed by atoms with Crippen LogP contribution in [0.2, 0.25) is 0 Å². The van der Waals surface area contributed by atoms with Crippen molar-refractivity contribution in [3.05, 3.63) is 0 Å². The molecule has 2 aliphatic heterocycles. The molecule has 0 unspecified atom stereocenters. The van der Waals surface area contributed by atoms with Crippen molar-refractivity contribution in [2.45, 2.75) is 57.8 Å². The number of hydrogen-bond acceptors (Lipinski definition) is 2. The van der Waals surface area contributed by atoms with Gasteiger partial charge in [0.15, 0.2) is 0 Å². The Morgan fingerprint density at radius 3 is 1.92 bits per heavy atom. The molecule has 1 amide bonds. The molecule has 4 saturated carbocycles. The second kappa shape index (κ2) is 6.46. The van der Waals surface area contributed by atoms with E-state index in [-0.39, 0.29) is 12.4 Å². The Hall–Kier alpha value is -0.280. The smallest absolute Gasteiger partial charge is 0.226 e. The number of nitrogens with one attached hydrogen (secondary N) is 1. The normalized spacial score (nSPS) is 42.8. The minimum absolute atomic E-state index is 0. The van der Waals surface area contributed by atoms with Gasteiger partial charge in [-0.25, -0.2) is 0 Å². The fourth-order valence-electron chi connectivity index (χ4n) is 7.20. The predicted octanol–water partition coefficient (Wildman–Crippen LogP) is 3.47. The number of piperidine rings is 2. The maximum Gasteiger partial charge on any atom is 0.226 e. The van der Waals surface area contributed by atoms with E-state index in [1.165, 1.54) is 70.9 Å². The summed E-state index contributed by atoms with van der Waals surface area (Å²) in [5, 5.41) is 3.50. The van der Waals surface area contributed by atoms with Crippen LogP contribution in [0.25, 0.3) is 0 Å². The number of rotatable bonds is 1. The first-order valence-corrected chi connectivity index (χ1v) is 10.2. The molecule has 6 fully saturated rings. The van der Waals surface area contributed by atoms with Crippen molar-refractivity contribution < 1.29 is 4.79 Å². The summed E-state index contributed by atoms with van der Waals surface area (Å²) >= 11 is 0. The van der Waals surface area contributed by atoms with Crippen molar-refractivity contribution in [1.29, 1.82) is 0 Å². The standard InChI is InChI=1S/C20H32N2O.ClH/c23-19(18-16-10-14-9-15(12-16)13-17(18)11-14)22-7-3-20(4-8-22)1-5-21-6-2-20;/h14-18,21H,1-13H2;1H. The van der Waals surface area contributed by atoms with Crippen LogP contribution < -0.4 is 5.32 Å². The Kier molecular flexibility index (Phi) is 4.62. The molecule has 6 rings (SSSR count). The molecule has 4 heteroatoms. The number of amides is 1. The van der Waals surface area contributed by atoms with Crippen molar-refractivity contribution in [3.8, 4) is 0 Å². The number of carbonyl (C=O) groups excluding carboxylic acids is 1. The highest BCUT2D eigenvalue weighted by Gasteiger charge is 2.52. The van der Waals surface area contributed by atoms with E-state index in [4.69, 9.17) is 0 Å². The first kappa shape index (κ1) is 17.1. The van der Waals surface area contributed by atoms with Gasteiger partial charge in [0, 0.05) is 19.0 Å². The highest BCUT2D eigenvalue weighted by atomic mass is 35.5. The molecule has 1 N–H and O–H groups in total. The summed E-state index contributed by atoms with van der Waals surface area (Å²) in [4.78, 5) is 15.6. The summed E-state index contributed by atoms with van der Waals surface area (Å²) in [6.07, 6.45) is 12.1. The molecular formula is C20H33ClN2O. The molecule has 0 aromatic carbocycles. The Labute approximate surface area is 152 Å². The van der Waals surface area contributed by atoms with Gasteiger partial charge in [-0.15, -0.1) is 12.4 Å². The molecule has 136 valence electrons. The van der Waals surface area contributed by atoms with Gasteiger partial charge < -0.3 is 10.2 Å². The lowest BCUT2D eigenvalue weighted by molar-refractivity contribution is -0.151. The van der Waals surface area contributed by atoms with Gasteiger partial charge in [-0.2, -0.15) is 0 Å². The minimum Gasteiger partial charge on any atom is -0.342 e. The fraction of sp³-hybridized carbons (Fsp3) is 0.950. The van der Waals surface area contributed by atoms with Crippen molar-refractivity contribution in [2.75, 3.05) is 26.2 Å². The van der Waals surface area contributed by atoms with Gasteiger partial charge in [0.05, 0.1) is 0 Å². The molecular weight excluding hydrogens is 320 g/mol. The lowest BCUT2D eigenvalue weighted by Gasteiger charge is -2.55. The number of nitrogens with zero attached hydrogens (tertiary/aromatic N) is 1. The van der Waals surface area contributed by atoms with Crippen LogP contribution in [0.15, 0.2) is 0 Å². The largest absolute Gasteiger partial charge is 0.342 e. The summed E-state index contributed by atoms with van der Waals surface area (Å²) in [6, 6.07) is 0. The Morgan fingerprint density at radius 1 is 0.833 bits per heavy atom. The lowest BCUT2D eigenvalue weighted by Crippen LogP contribution is -2.54. The van der Waals surface area contributed by atoms with Gasteiger partial charge in [0.25, 0.3) is 0 Å². The van der Waals surface area contributed by atoms with Gasteiger partial charge >= 0.3 is 0 Å². The number of hydrogen-bond donors (Lipinski definition) is 1. The predicted molar refractivity (Wildman–Crippen MR) is 98.1 cm³/mol. The molecule has 6 aliphatic rings. The van der Waals surface area contributed by atoms with E-state index < -0.39 is 0 Å². The fourth-order valence-corrected chi connectivity index (χ4v) is 7.20. The molecule has 1 spiro atoms. The Balaban J connectivity index is 0.00000146. The van der Waals surface area contributed by atoms with E-state index in [9.17, 15) is 4.79 Å². The van der Waals surface area contributed by atoms with E-state index in [2.05, 4.69) is 10.2 Å². The second-order valence-electron chi connectivity index (χ2n) is 9.53. The van der Waals surface area contributed by atoms with E-state index in [0.29, 0.717) is 17.2 Å². The minimum atomic E-state index is 0. The zero-order valence-electron chi connectivity index (χ0n) is 14.8. The van der Waals surface area contributed by atoms with Gasteiger partial charge in [0.2, 0.25) is 5.91 Å². The molecule has 4 aliphatic carbocycles. The SMILES string of the molecule is Cl.O=C(C1C2CC3CC(C2)CC1C3)N1CCC2(CCNCC2)CC1. The molecule has 0 radical (unpaired) electrons. The molecule has 24 heavy (non-hydrogen) atoms. The van der Waals surface area contributed by atoms with E-state index in [1.807, 2.05) is 0 Å². The zero-order chi connectivity index (χ0) is 15.4. The van der Waals surface area contributed by atoms with Crippen LogP contribution in [-0.2, 0) is 4.79 Å². The number of halogens is 1. The highest BCUT2D eigenvalue weighted by molar-refractivity contribution is 5.85. The quantitative estimate of drug-likeness (QED) is 0.783. The highest BCUT2D eigenvalue weighted by Crippen LogP contribution is 2.57. The van der Waals surface area contributed by atoms with E-state index in [0.717, 1.165) is 36.8 Å². The summed E-state index contributed by atoms with van der Waals surface area (Å²) in [5.41, 5.74) is 0.562. The number of likely N-dealkylation sites (tertiary alicyclic amines) is 1. The molecule has 0 aromatic rings. The van der Waals surface area contributed by atoms with Crippen LogP contribution in [0.5, 0.6) is 0 Å². The van der Waals surface area contributed by atoms with Crippen molar-refractivity contribution in [2.24, 2.45) is 35.0 Å². The monoisotopic (exact) mass is 352 g/mol. The Morgan fingerprint density at radius 2 is 1.38 bits per heavy atom. The van der Waals surface area contributed by atoms with Gasteiger partial charge in [0.1, 0.15) is 0 Å². The van der Waals surface area contributed by atoms with Crippen LogP contribution in [0.3, 0.4) is 0 Å². The first-order chi connectivity index (χ1) is 11.2. The summed E-state index contributed by atoms with van der Waals surface area (Å²) in [5.74, 6) is 4.40. The number of carbonyl (C=O) groups is 1. The molecule has 2 heterocycles. The van der Waals surface area contributed by atoms with Crippen molar-refractivity contribution in [3.63, 3.8) is 0 Å². The summed E-state index contributed by atoms with van der Waals surface area (Å²) in [6.45, 7) is 4.45. The van der Waals surface area contributed by atoms with Crippen LogP contribution in [0.1, 0.15) is 57.8 Å². The van der Waals surface area contributed by atoms with Crippen molar-refractivity contribution in [1.82, 2.24) is 10.2 Å². The van der Waals surface area contributed by atoms with Gasteiger partial charge in [-0.05, 0) is 100.0 Å². The first-order valence-electron chi connectivity index (χ1n) is 10.2. The molecule has 0 aromatic heterocycles. The molecule has 4 bridgehead atoms. The van der Waals surface area contributed by atoms with Crippen LogP contribution in [0.4, 0.5) is 0 Å². The lowest BCUT2D eigenvalue weighted by atomic mass is 9.51. The van der Waals surface area contributed by atoms with E-state index >= 15 is 0 Å². The van der Waals surface area contributed by atoms with Crippen LogP contribution >= 0.6 is 12.4 Å². The third kappa shape index (κ3) is 2.80. The average molecular weight is 353 g/mol. The second-order valence-corrected chi connectivity index (χ2v) is 9.53. The topological polar surface area (TPSA) is 32.3 Å². The van der Waals surface area contributed by atoms with Crippen LogP contribution in [-0.4, -0.2) is 37.0 Å². The zero-order valence-corrected chi connectivity index (χ0v) is 15.7. The maximum atomic E-state index is 13.3. The Bertz CT molecular complexity index is 450. The average Bonchev–Trinajstić information content (AvgIpc) is 2.55. The maximum absolute atomic E-state index is 13.3. The third-order valence-corrected chi connectivity index (χ3v) is 8.31.